The lowest BCUT2D eigenvalue weighted by Gasteiger charge is -2.26. The number of halogens is 1. The lowest BCUT2D eigenvalue weighted by molar-refractivity contribution is -0.384. The fourth-order valence-electron chi connectivity index (χ4n) is 2.66. The van der Waals surface area contributed by atoms with Gasteiger partial charge in [0.2, 0.25) is 5.91 Å². The maximum absolute atomic E-state index is 12.2. The first-order chi connectivity index (χ1) is 10.0. The summed E-state index contributed by atoms with van der Waals surface area (Å²) in [6, 6.07) is 4.61. The summed E-state index contributed by atoms with van der Waals surface area (Å²) in [5.41, 5.74) is 5.78. The SMILES string of the molecule is NCC1CCC(C(=O)Nc2ccc(Br)cc2[N+](=O)[O-])CC1. The number of nitrogens with one attached hydrogen (secondary N) is 1. The Morgan fingerprint density at radius 3 is 2.62 bits per heavy atom. The molecule has 1 fully saturated rings. The van der Waals surface area contributed by atoms with E-state index in [1.165, 1.54) is 6.07 Å². The first-order valence-electron chi connectivity index (χ1n) is 6.96. The Kier molecular flexibility index (Phi) is 5.30. The van der Waals surface area contributed by atoms with E-state index in [-0.39, 0.29) is 23.2 Å². The molecule has 114 valence electrons. The molecule has 1 saturated carbocycles. The lowest BCUT2D eigenvalue weighted by Crippen LogP contribution is -2.29. The Bertz CT molecular complexity index is 542. The molecular weight excluding hydrogens is 338 g/mol. The molecule has 0 heterocycles. The van der Waals surface area contributed by atoms with Gasteiger partial charge in [-0.05, 0) is 50.3 Å². The number of carbonyl (C=O) groups excluding carboxylic acids is 1. The van der Waals surface area contributed by atoms with Gasteiger partial charge in [0.05, 0.1) is 4.92 Å². The molecule has 1 amide bonds. The van der Waals surface area contributed by atoms with Gasteiger partial charge in [-0.15, -0.1) is 0 Å². The van der Waals surface area contributed by atoms with Crippen molar-refractivity contribution in [3.63, 3.8) is 0 Å². The molecule has 6 nitrogen and oxygen atoms in total. The van der Waals surface area contributed by atoms with Gasteiger partial charge in [-0.3, -0.25) is 14.9 Å². The maximum atomic E-state index is 12.2. The average molecular weight is 356 g/mol. The van der Waals surface area contributed by atoms with Crippen molar-refractivity contribution in [2.24, 2.45) is 17.6 Å². The lowest BCUT2D eigenvalue weighted by atomic mass is 9.81. The van der Waals surface area contributed by atoms with E-state index in [0.29, 0.717) is 16.9 Å². The van der Waals surface area contributed by atoms with Gasteiger partial charge in [0, 0.05) is 16.5 Å². The molecule has 0 aromatic heterocycles. The summed E-state index contributed by atoms with van der Waals surface area (Å²) in [4.78, 5) is 22.8. The van der Waals surface area contributed by atoms with Crippen molar-refractivity contribution in [2.75, 3.05) is 11.9 Å². The number of benzene rings is 1. The van der Waals surface area contributed by atoms with Crippen molar-refractivity contribution in [3.05, 3.63) is 32.8 Å². The zero-order valence-corrected chi connectivity index (χ0v) is 13.1. The predicted octanol–water partition coefficient (Wildman–Crippen LogP) is 3.06. The summed E-state index contributed by atoms with van der Waals surface area (Å²) in [6.07, 6.45) is 3.46. The number of nitro groups is 1. The van der Waals surface area contributed by atoms with E-state index >= 15 is 0 Å². The van der Waals surface area contributed by atoms with Gasteiger partial charge in [-0.2, -0.15) is 0 Å². The number of nitrogens with two attached hydrogens (primary N) is 1. The summed E-state index contributed by atoms with van der Waals surface area (Å²) < 4.78 is 0.607. The minimum Gasteiger partial charge on any atom is -0.330 e. The van der Waals surface area contributed by atoms with Gasteiger partial charge in [0.15, 0.2) is 0 Å². The molecule has 1 aliphatic carbocycles. The molecule has 0 saturated heterocycles. The standard InChI is InChI=1S/C14H18BrN3O3/c15-11-5-6-12(13(7-11)18(20)21)17-14(19)10-3-1-9(8-16)2-4-10/h5-7,9-10H,1-4,8,16H2,(H,17,19). The number of nitro benzene ring substituents is 1. The molecule has 0 aliphatic heterocycles. The molecule has 1 aliphatic rings. The number of amides is 1. The van der Waals surface area contributed by atoms with Crippen LogP contribution in [0.2, 0.25) is 0 Å². The second-order valence-electron chi connectivity index (χ2n) is 5.36. The Labute approximate surface area is 131 Å². The average Bonchev–Trinajstić information content (AvgIpc) is 2.49. The van der Waals surface area contributed by atoms with Gasteiger partial charge in [0.1, 0.15) is 5.69 Å². The normalized spacial score (nSPS) is 21.8. The minimum atomic E-state index is -0.494. The molecule has 0 bridgehead atoms. The Morgan fingerprint density at radius 2 is 2.05 bits per heavy atom. The van der Waals surface area contributed by atoms with Crippen molar-refractivity contribution in [1.29, 1.82) is 0 Å². The van der Waals surface area contributed by atoms with Crippen LogP contribution in [0, 0.1) is 22.0 Å². The first kappa shape index (κ1) is 15.9. The van der Waals surface area contributed by atoms with Crippen molar-refractivity contribution < 1.29 is 9.72 Å². The van der Waals surface area contributed by atoms with Gasteiger partial charge in [-0.1, -0.05) is 15.9 Å². The quantitative estimate of drug-likeness (QED) is 0.640. The van der Waals surface area contributed by atoms with Crippen molar-refractivity contribution in [3.8, 4) is 0 Å². The molecule has 0 atom stereocenters. The van der Waals surface area contributed by atoms with Crippen LogP contribution in [0.3, 0.4) is 0 Å². The highest BCUT2D eigenvalue weighted by Crippen LogP contribution is 2.32. The van der Waals surface area contributed by atoms with Crippen LogP contribution in [0.15, 0.2) is 22.7 Å². The summed E-state index contributed by atoms with van der Waals surface area (Å²) in [5, 5.41) is 13.7. The van der Waals surface area contributed by atoms with Gasteiger partial charge in [-0.25, -0.2) is 0 Å². The fraction of sp³-hybridized carbons (Fsp3) is 0.500. The zero-order valence-electron chi connectivity index (χ0n) is 11.5. The van der Waals surface area contributed by atoms with Crippen LogP contribution < -0.4 is 11.1 Å². The van der Waals surface area contributed by atoms with Crippen LogP contribution >= 0.6 is 15.9 Å². The van der Waals surface area contributed by atoms with E-state index in [0.717, 1.165) is 25.7 Å². The van der Waals surface area contributed by atoms with E-state index < -0.39 is 4.92 Å². The highest BCUT2D eigenvalue weighted by molar-refractivity contribution is 9.10. The Balaban J connectivity index is 2.05. The fourth-order valence-corrected chi connectivity index (χ4v) is 3.01. The third-order valence-electron chi connectivity index (χ3n) is 3.97. The molecule has 0 radical (unpaired) electrons. The topological polar surface area (TPSA) is 98.3 Å². The predicted molar refractivity (Wildman–Crippen MR) is 83.9 cm³/mol. The van der Waals surface area contributed by atoms with Crippen LogP contribution in [0.25, 0.3) is 0 Å². The van der Waals surface area contributed by atoms with Crippen LogP contribution in [-0.4, -0.2) is 17.4 Å². The summed E-state index contributed by atoms with van der Waals surface area (Å²) >= 11 is 3.19. The van der Waals surface area contributed by atoms with Gasteiger partial charge >= 0.3 is 0 Å². The number of nitrogens with zero attached hydrogens (tertiary/aromatic N) is 1. The molecule has 2 rings (SSSR count). The third-order valence-corrected chi connectivity index (χ3v) is 4.46. The van der Waals surface area contributed by atoms with Crippen LogP contribution in [0.5, 0.6) is 0 Å². The Hall–Kier alpha value is -1.47. The number of carbonyl (C=O) groups is 1. The van der Waals surface area contributed by atoms with Crippen molar-refractivity contribution in [2.45, 2.75) is 25.7 Å². The molecule has 1 aromatic rings. The number of hydrogen-bond acceptors (Lipinski definition) is 4. The van der Waals surface area contributed by atoms with Gasteiger partial charge in [0.25, 0.3) is 5.69 Å². The van der Waals surface area contributed by atoms with Gasteiger partial charge < -0.3 is 11.1 Å². The Morgan fingerprint density at radius 1 is 1.38 bits per heavy atom. The van der Waals surface area contributed by atoms with Crippen LogP contribution in [0.1, 0.15) is 25.7 Å². The molecule has 0 unspecified atom stereocenters. The first-order valence-corrected chi connectivity index (χ1v) is 7.75. The highest BCUT2D eigenvalue weighted by Gasteiger charge is 2.27. The number of anilines is 1. The van der Waals surface area contributed by atoms with Crippen molar-refractivity contribution in [1.82, 2.24) is 0 Å². The number of hydrogen-bond donors (Lipinski definition) is 2. The second-order valence-corrected chi connectivity index (χ2v) is 6.28. The molecular formula is C14H18BrN3O3. The van der Waals surface area contributed by atoms with E-state index in [2.05, 4.69) is 21.2 Å². The summed E-state index contributed by atoms with van der Waals surface area (Å²) in [7, 11) is 0. The monoisotopic (exact) mass is 355 g/mol. The largest absolute Gasteiger partial charge is 0.330 e. The van der Waals surface area contributed by atoms with Crippen LogP contribution in [-0.2, 0) is 4.79 Å². The third kappa shape index (κ3) is 4.01. The van der Waals surface area contributed by atoms with E-state index in [4.69, 9.17) is 5.73 Å². The summed E-state index contributed by atoms with van der Waals surface area (Å²) in [5.74, 6) is 0.267. The highest BCUT2D eigenvalue weighted by atomic mass is 79.9. The van der Waals surface area contributed by atoms with E-state index in [1.807, 2.05) is 0 Å². The molecule has 3 N–H and O–H groups in total. The number of rotatable bonds is 4. The zero-order chi connectivity index (χ0) is 15.4. The smallest absolute Gasteiger partial charge is 0.293 e. The molecule has 7 heteroatoms. The summed E-state index contributed by atoms with van der Waals surface area (Å²) in [6.45, 7) is 0.659. The second kappa shape index (κ2) is 7.00. The molecule has 21 heavy (non-hydrogen) atoms. The maximum Gasteiger partial charge on any atom is 0.293 e. The van der Waals surface area contributed by atoms with Crippen molar-refractivity contribution >= 4 is 33.2 Å². The minimum absolute atomic E-state index is 0.0870. The van der Waals surface area contributed by atoms with E-state index in [1.54, 1.807) is 12.1 Å². The molecule has 1 aromatic carbocycles. The molecule has 0 spiro atoms. The van der Waals surface area contributed by atoms with E-state index in [9.17, 15) is 14.9 Å². The van der Waals surface area contributed by atoms with Crippen LogP contribution in [0.4, 0.5) is 11.4 Å².